The maximum Gasteiger partial charge on any atom is 0.228 e. The Balaban J connectivity index is 1.76. The summed E-state index contributed by atoms with van der Waals surface area (Å²) in [6.45, 7) is 5.52. The van der Waals surface area contributed by atoms with Crippen molar-refractivity contribution in [1.82, 2.24) is 10.2 Å². The fourth-order valence-electron chi connectivity index (χ4n) is 4.82. The molecule has 1 aliphatic carbocycles. The Hall–Kier alpha value is -0.570. The van der Waals surface area contributed by atoms with Crippen LogP contribution in [0.25, 0.3) is 0 Å². The van der Waals surface area contributed by atoms with Crippen molar-refractivity contribution < 1.29 is 4.79 Å². The summed E-state index contributed by atoms with van der Waals surface area (Å²) in [5.74, 6) is 1.23. The Morgan fingerprint density at radius 3 is 2.43 bits per heavy atom. The largest absolute Gasteiger partial charge is 0.339 e. The fourth-order valence-corrected chi connectivity index (χ4v) is 4.82. The average Bonchev–Trinajstić information content (AvgIpc) is 2.83. The highest BCUT2D eigenvalue weighted by Gasteiger charge is 2.42. The van der Waals surface area contributed by atoms with E-state index in [9.17, 15) is 4.79 Å². The van der Waals surface area contributed by atoms with Gasteiger partial charge in [0.2, 0.25) is 5.91 Å². The molecule has 120 valence electrons. The minimum Gasteiger partial charge on any atom is -0.339 e. The Morgan fingerprint density at radius 2 is 1.71 bits per heavy atom. The van der Waals surface area contributed by atoms with Gasteiger partial charge in [0, 0.05) is 18.0 Å². The summed E-state index contributed by atoms with van der Waals surface area (Å²) >= 11 is 0. The molecule has 2 heterocycles. The molecule has 1 unspecified atom stereocenters. The van der Waals surface area contributed by atoms with Gasteiger partial charge in [-0.1, -0.05) is 32.6 Å². The number of nitrogens with one attached hydrogen (secondary N) is 1. The lowest BCUT2D eigenvalue weighted by molar-refractivity contribution is -0.145. The lowest BCUT2D eigenvalue weighted by atomic mass is 9.83. The van der Waals surface area contributed by atoms with Crippen molar-refractivity contribution in [2.45, 2.75) is 77.2 Å². The lowest BCUT2D eigenvalue weighted by Crippen LogP contribution is -2.51. The molecular weight excluding hydrogens is 260 g/mol. The van der Waals surface area contributed by atoms with Gasteiger partial charge in [-0.15, -0.1) is 0 Å². The molecule has 3 rings (SSSR count). The highest BCUT2D eigenvalue weighted by molar-refractivity contribution is 5.83. The van der Waals surface area contributed by atoms with Gasteiger partial charge in [-0.3, -0.25) is 4.79 Å². The number of amides is 1. The first-order valence-corrected chi connectivity index (χ1v) is 9.22. The van der Waals surface area contributed by atoms with E-state index in [0.717, 1.165) is 38.4 Å². The summed E-state index contributed by atoms with van der Waals surface area (Å²) in [6.07, 6.45) is 12.3. The van der Waals surface area contributed by atoms with Crippen LogP contribution >= 0.6 is 0 Å². The lowest BCUT2D eigenvalue weighted by Gasteiger charge is -2.41. The highest BCUT2D eigenvalue weighted by Crippen LogP contribution is 2.41. The second kappa shape index (κ2) is 6.68. The van der Waals surface area contributed by atoms with Gasteiger partial charge >= 0.3 is 0 Å². The topological polar surface area (TPSA) is 32.3 Å². The van der Waals surface area contributed by atoms with E-state index in [2.05, 4.69) is 17.1 Å². The third-order valence-electron chi connectivity index (χ3n) is 6.21. The molecule has 0 aromatic heterocycles. The second-order valence-electron chi connectivity index (χ2n) is 7.77. The standard InChI is InChI=1S/C18H32N2O/c1-18(10-4-5-11-18)17(21)20-14-6-2-3-7-16(20)15-8-12-19-13-9-15/h15-16,19H,2-14H2,1H3. The molecule has 1 atom stereocenters. The van der Waals surface area contributed by atoms with Gasteiger partial charge in [0.15, 0.2) is 0 Å². The Bertz CT molecular complexity index is 356. The molecule has 2 saturated heterocycles. The molecule has 0 bridgehead atoms. The minimum atomic E-state index is -0.0461. The predicted molar refractivity (Wildman–Crippen MR) is 86.1 cm³/mol. The molecule has 3 heteroatoms. The van der Waals surface area contributed by atoms with Crippen molar-refractivity contribution in [3.63, 3.8) is 0 Å². The number of likely N-dealkylation sites (tertiary alicyclic amines) is 1. The van der Waals surface area contributed by atoms with Crippen LogP contribution in [0.2, 0.25) is 0 Å². The van der Waals surface area contributed by atoms with Gasteiger partial charge in [-0.2, -0.15) is 0 Å². The normalized spacial score (nSPS) is 31.1. The van der Waals surface area contributed by atoms with Crippen LogP contribution in [0.5, 0.6) is 0 Å². The smallest absolute Gasteiger partial charge is 0.228 e. The van der Waals surface area contributed by atoms with Gasteiger partial charge < -0.3 is 10.2 Å². The number of carbonyl (C=O) groups excluding carboxylic acids is 1. The quantitative estimate of drug-likeness (QED) is 0.846. The molecule has 3 nitrogen and oxygen atoms in total. The van der Waals surface area contributed by atoms with Crippen molar-refractivity contribution >= 4 is 5.91 Å². The predicted octanol–water partition coefficient (Wildman–Crippen LogP) is 3.34. The summed E-state index contributed by atoms with van der Waals surface area (Å²) in [4.78, 5) is 15.6. The summed E-state index contributed by atoms with van der Waals surface area (Å²) < 4.78 is 0. The van der Waals surface area contributed by atoms with E-state index < -0.39 is 0 Å². The monoisotopic (exact) mass is 292 g/mol. The number of carbonyl (C=O) groups is 1. The third-order valence-corrected chi connectivity index (χ3v) is 6.21. The summed E-state index contributed by atoms with van der Waals surface area (Å²) in [6, 6.07) is 0.527. The van der Waals surface area contributed by atoms with Gasteiger partial charge in [0.25, 0.3) is 0 Å². The van der Waals surface area contributed by atoms with Crippen molar-refractivity contribution in [3.8, 4) is 0 Å². The zero-order valence-corrected chi connectivity index (χ0v) is 13.7. The number of piperidine rings is 1. The molecule has 21 heavy (non-hydrogen) atoms. The molecule has 3 aliphatic rings. The maximum absolute atomic E-state index is 13.2. The van der Waals surface area contributed by atoms with Gasteiger partial charge in [-0.05, 0) is 57.5 Å². The van der Waals surface area contributed by atoms with E-state index in [1.54, 1.807) is 0 Å². The first-order valence-electron chi connectivity index (χ1n) is 9.22. The molecule has 1 amide bonds. The number of hydrogen-bond acceptors (Lipinski definition) is 2. The van der Waals surface area contributed by atoms with Crippen molar-refractivity contribution in [3.05, 3.63) is 0 Å². The molecule has 3 fully saturated rings. The molecule has 0 spiro atoms. The van der Waals surface area contributed by atoms with Crippen LogP contribution in [0.4, 0.5) is 0 Å². The van der Waals surface area contributed by atoms with E-state index in [0.29, 0.717) is 11.9 Å². The molecule has 0 radical (unpaired) electrons. The maximum atomic E-state index is 13.2. The first-order chi connectivity index (χ1) is 10.2. The SMILES string of the molecule is CC1(C(=O)N2CCCCCC2C2CCNCC2)CCCC1. The van der Waals surface area contributed by atoms with Crippen LogP contribution in [-0.4, -0.2) is 36.5 Å². The van der Waals surface area contributed by atoms with Crippen LogP contribution in [0, 0.1) is 11.3 Å². The highest BCUT2D eigenvalue weighted by atomic mass is 16.2. The molecule has 1 saturated carbocycles. The van der Waals surface area contributed by atoms with E-state index in [1.807, 2.05) is 0 Å². The Kier molecular flexibility index (Phi) is 4.88. The Labute approximate surface area is 129 Å². The van der Waals surface area contributed by atoms with E-state index >= 15 is 0 Å². The first kappa shape index (κ1) is 15.3. The number of hydrogen-bond donors (Lipinski definition) is 1. The second-order valence-corrected chi connectivity index (χ2v) is 7.77. The summed E-state index contributed by atoms with van der Waals surface area (Å²) in [7, 11) is 0. The Morgan fingerprint density at radius 1 is 1.00 bits per heavy atom. The van der Waals surface area contributed by atoms with Crippen LogP contribution in [0.3, 0.4) is 0 Å². The van der Waals surface area contributed by atoms with Crippen LogP contribution < -0.4 is 5.32 Å². The average molecular weight is 292 g/mol. The van der Waals surface area contributed by atoms with Crippen LogP contribution in [-0.2, 0) is 4.79 Å². The van der Waals surface area contributed by atoms with E-state index in [-0.39, 0.29) is 5.41 Å². The summed E-state index contributed by atoms with van der Waals surface area (Å²) in [5.41, 5.74) is -0.0461. The molecular formula is C18H32N2O. The minimum absolute atomic E-state index is 0.0461. The van der Waals surface area contributed by atoms with E-state index in [4.69, 9.17) is 0 Å². The van der Waals surface area contributed by atoms with E-state index in [1.165, 1.54) is 51.4 Å². The van der Waals surface area contributed by atoms with Crippen molar-refractivity contribution in [1.29, 1.82) is 0 Å². The fraction of sp³-hybridized carbons (Fsp3) is 0.944. The zero-order chi connectivity index (χ0) is 14.7. The van der Waals surface area contributed by atoms with Gasteiger partial charge in [0.05, 0.1) is 0 Å². The number of rotatable bonds is 2. The van der Waals surface area contributed by atoms with Crippen LogP contribution in [0.15, 0.2) is 0 Å². The van der Waals surface area contributed by atoms with Crippen molar-refractivity contribution in [2.75, 3.05) is 19.6 Å². The van der Waals surface area contributed by atoms with Gasteiger partial charge in [-0.25, -0.2) is 0 Å². The van der Waals surface area contributed by atoms with Gasteiger partial charge in [0.1, 0.15) is 0 Å². The van der Waals surface area contributed by atoms with Crippen molar-refractivity contribution in [2.24, 2.45) is 11.3 Å². The zero-order valence-electron chi connectivity index (χ0n) is 13.7. The van der Waals surface area contributed by atoms with Crippen LogP contribution in [0.1, 0.15) is 71.1 Å². The molecule has 0 aromatic rings. The molecule has 1 N–H and O–H groups in total. The number of nitrogens with zero attached hydrogens (tertiary/aromatic N) is 1. The summed E-state index contributed by atoms with van der Waals surface area (Å²) in [5, 5.41) is 3.47. The molecule has 0 aromatic carbocycles. The molecule has 2 aliphatic heterocycles. The third kappa shape index (κ3) is 3.28.